The summed E-state index contributed by atoms with van der Waals surface area (Å²) in [5.41, 5.74) is 6.72. The van der Waals surface area contributed by atoms with E-state index in [0.717, 1.165) is 26.2 Å². The molecule has 1 amide bonds. The lowest BCUT2D eigenvalue weighted by Crippen LogP contribution is -2.44. The van der Waals surface area contributed by atoms with Crippen LogP contribution in [0.4, 0.5) is 17.6 Å². The molecule has 1 aliphatic rings. The second-order valence-corrected chi connectivity index (χ2v) is 7.17. The Kier molecular flexibility index (Phi) is 5.60. The third-order valence-electron chi connectivity index (χ3n) is 5.22. The standard InChI is InChI=1S/C21H24N8O2/c1-3-4-11-29-16-18(26-21(29)28-12-9-23-10-13-28)25-20(27(2)19(16)31)24-15-8-6-5-7-14(15)17(22)30/h5-8,23H,9-13H2,1-2H3,(H2,22,30)(H,24,25). The largest absolute Gasteiger partial charge is 0.366 e. The number of primary amides is 1. The summed E-state index contributed by atoms with van der Waals surface area (Å²) in [4.78, 5) is 36.5. The van der Waals surface area contributed by atoms with Gasteiger partial charge >= 0.3 is 0 Å². The van der Waals surface area contributed by atoms with E-state index in [1.54, 1.807) is 38.2 Å². The topological polar surface area (TPSA) is 123 Å². The maximum absolute atomic E-state index is 13.3. The van der Waals surface area contributed by atoms with Crippen LogP contribution in [-0.2, 0) is 13.6 Å². The molecule has 1 aromatic carbocycles. The summed E-state index contributed by atoms with van der Waals surface area (Å²) in [6, 6.07) is 6.81. The van der Waals surface area contributed by atoms with Crippen LogP contribution in [0.2, 0.25) is 0 Å². The highest BCUT2D eigenvalue weighted by atomic mass is 16.1. The van der Waals surface area contributed by atoms with Crippen molar-refractivity contribution in [1.82, 2.24) is 24.4 Å². The van der Waals surface area contributed by atoms with Crippen molar-refractivity contribution < 1.29 is 4.79 Å². The summed E-state index contributed by atoms with van der Waals surface area (Å²) in [7, 11) is 1.62. The number of para-hydroxylation sites is 1. The number of anilines is 3. The van der Waals surface area contributed by atoms with Crippen LogP contribution in [0.5, 0.6) is 0 Å². The molecule has 10 nitrogen and oxygen atoms in total. The Labute approximate surface area is 179 Å². The highest BCUT2D eigenvalue weighted by Gasteiger charge is 2.23. The maximum Gasteiger partial charge on any atom is 0.281 e. The number of fused-ring (bicyclic) bond motifs is 1. The van der Waals surface area contributed by atoms with Crippen molar-refractivity contribution in [2.45, 2.75) is 13.5 Å². The SMILES string of the molecule is CC#CCn1c(N2CCNCC2)nc2nc(Nc3ccccc3C(N)=O)n(C)c(=O)c21. The molecule has 1 saturated heterocycles. The molecule has 1 fully saturated rings. The van der Waals surface area contributed by atoms with Crippen molar-refractivity contribution >= 4 is 34.7 Å². The summed E-state index contributed by atoms with van der Waals surface area (Å²) in [5.74, 6) is 6.29. The summed E-state index contributed by atoms with van der Waals surface area (Å²) < 4.78 is 3.23. The van der Waals surface area contributed by atoms with Crippen LogP contribution in [0.3, 0.4) is 0 Å². The Balaban J connectivity index is 1.85. The Hall–Kier alpha value is -3.84. The van der Waals surface area contributed by atoms with Gasteiger partial charge in [0.1, 0.15) is 0 Å². The summed E-state index contributed by atoms with van der Waals surface area (Å²) in [5, 5.41) is 6.37. The average Bonchev–Trinajstić information content (AvgIpc) is 3.15. The van der Waals surface area contributed by atoms with Gasteiger partial charge in [0.05, 0.1) is 17.8 Å². The number of nitrogens with one attached hydrogen (secondary N) is 2. The second-order valence-electron chi connectivity index (χ2n) is 7.17. The van der Waals surface area contributed by atoms with Crippen molar-refractivity contribution in [3.63, 3.8) is 0 Å². The maximum atomic E-state index is 13.3. The van der Waals surface area contributed by atoms with Gasteiger partial charge in [0.15, 0.2) is 11.2 Å². The summed E-state index contributed by atoms with van der Waals surface area (Å²) in [6.07, 6.45) is 0. The van der Waals surface area contributed by atoms with Crippen LogP contribution in [0.1, 0.15) is 17.3 Å². The predicted octanol–water partition coefficient (Wildman–Crippen LogP) is 0.405. The van der Waals surface area contributed by atoms with Gasteiger partial charge in [-0.15, -0.1) is 5.92 Å². The molecular weight excluding hydrogens is 396 g/mol. The minimum Gasteiger partial charge on any atom is -0.366 e. The smallest absolute Gasteiger partial charge is 0.281 e. The average molecular weight is 420 g/mol. The Morgan fingerprint density at radius 1 is 1.26 bits per heavy atom. The van der Waals surface area contributed by atoms with Gasteiger partial charge in [0.2, 0.25) is 11.9 Å². The molecule has 1 aliphatic heterocycles. The number of hydrogen-bond donors (Lipinski definition) is 3. The minimum absolute atomic E-state index is 0.254. The fourth-order valence-corrected chi connectivity index (χ4v) is 3.60. The quantitative estimate of drug-likeness (QED) is 0.511. The van der Waals surface area contributed by atoms with Gasteiger partial charge in [0, 0.05) is 33.2 Å². The lowest BCUT2D eigenvalue weighted by Gasteiger charge is -2.28. The minimum atomic E-state index is -0.572. The first-order valence-electron chi connectivity index (χ1n) is 9.99. The van der Waals surface area contributed by atoms with Crippen LogP contribution >= 0.6 is 0 Å². The van der Waals surface area contributed by atoms with Gasteiger partial charge in [-0.05, 0) is 19.1 Å². The van der Waals surface area contributed by atoms with E-state index in [2.05, 4.69) is 37.3 Å². The van der Waals surface area contributed by atoms with Crippen molar-refractivity contribution in [3.05, 3.63) is 40.2 Å². The molecule has 3 aromatic rings. The Morgan fingerprint density at radius 2 is 2.00 bits per heavy atom. The molecule has 160 valence electrons. The second kappa shape index (κ2) is 8.49. The molecule has 0 bridgehead atoms. The van der Waals surface area contributed by atoms with Crippen molar-refractivity contribution in [2.24, 2.45) is 12.8 Å². The number of amides is 1. The number of carbonyl (C=O) groups excluding carboxylic acids is 1. The number of nitrogens with two attached hydrogens (primary N) is 1. The molecule has 0 atom stereocenters. The first kappa shape index (κ1) is 20.4. The number of imidazole rings is 1. The van der Waals surface area contributed by atoms with Gasteiger partial charge in [-0.1, -0.05) is 18.1 Å². The van der Waals surface area contributed by atoms with Gasteiger partial charge in [0.25, 0.3) is 11.5 Å². The van der Waals surface area contributed by atoms with E-state index in [1.807, 2.05) is 4.57 Å². The number of nitrogens with zero attached hydrogens (tertiary/aromatic N) is 5. The molecule has 4 rings (SSSR count). The van der Waals surface area contributed by atoms with Crippen molar-refractivity contribution in [2.75, 3.05) is 36.4 Å². The lowest BCUT2D eigenvalue weighted by molar-refractivity contribution is 0.100. The molecule has 31 heavy (non-hydrogen) atoms. The predicted molar refractivity (Wildman–Crippen MR) is 120 cm³/mol. The third-order valence-corrected chi connectivity index (χ3v) is 5.22. The van der Waals surface area contributed by atoms with Gasteiger partial charge in [-0.3, -0.25) is 18.7 Å². The van der Waals surface area contributed by atoms with Crippen molar-refractivity contribution in [3.8, 4) is 11.8 Å². The van der Waals surface area contributed by atoms with E-state index in [4.69, 9.17) is 5.73 Å². The molecule has 4 N–H and O–H groups in total. The van der Waals surface area contributed by atoms with E-state index >= 15 is 0 Å². The Morgan fingerprint density at radius 3 is 2.71 bits per heavy atom. The van der Waals surface area contributed by atoms with E-state index < -0.39 is 5.91 Å². The van der Waals surface area contributed by atoms with E-state index in [-0.39, 0.29) is 11.5 Å². The van der Waals surface area contributed by atoms with Gasteiger partial charge in [-0.25, -0.2) is 0 Å². The lowest BCUT2D eigenvalue weighted by atomic mass is 10.1. The van der Waals surface area contributed by atoms with Crippen LogP contribution in [-0.4, -0.2) is 51.2 Å². The van der Waals surface area contributed by atoms with Crippen LogP contribution < -0.4 is 26.8 Å². The van der Waals surface area contributed by atoms with Crippen LogP contribution in [0.25, 0.3) is 11.2 Å². The zero-order valence-corrected chi connectivity index (χ0v) is 17.5. The van der Waals surface area contributed by atoms with E-state index in [0.29, 0.717) is 34.9 Å². The molecule has 0 unspecified atom stereocenters. The number of piperazine rings is 1. The molecular formula is C21H24N8O2. The molecule has 10 heteroatoms. The molecule has 3 heterocycles. The van der Waals surface area contributed by atoms with Crippen molar-refractivity contribution in [1.29, 1.82) is 0 Å². The van der Waals surface area contributed by atoms with Gasteiger partial charge < -0.3 is 21.3 Å². The molecule has 0 aliphatic carbocycles. The Bertz CT molecular complexity index is 1260. The van der Waals surface area contributed by atoms with Crippen LogP contribution in [0, 0.1) is 11.8 Å². The number of rotatable bonds is 5. The van der Waals surface area contributed by atoms with E-state index in [1.165, 1.54) is 4.57 Å². The monoisotopic (exact) mass is 420 g/mol. The van der Waals surface area contributed by atoms with Crippen LogP contribution in [0.15, 0.2) is 29.1 Å². The first-order chi connectivity index (χ1) is 15.0. The molecule has 2 aromatic heterocycles. The molecule has 0 radical (unpaired) electrons. The zero-order valence-electron chi connectivity index (χ0n) is 17.5. The molecule has 0 spiro atoms. The molecule has 0 saturated carbocycles. The summed E-state index contributed by atoms with van der Waals surface area (Å²) in [6.45, 7) is 5.34. The zero-order chi connectivity index (χ0) is 22.0. The fraction of sp³-hybridized carbons (Fsp3) is 0.333. The summed E-state index contributed by atoms with van der Waals surface area (Å²) >= 11 is 0. The fourth-order valence-electron chi connectivity index (χ4n) is 3.60. The third kappa shape index (κ3) is 3.83. The number of hydrogen-bond acceptors (Lipinski definition) is 7. The van der Waals surface area contributed by atoms with Gasteiger partial charge in [-0.2, -0.15) is 9.97 Å². The highest BCUT2D eigenvalue weighted by molar-refractivity contribution is 5.99. The number of carbonyl (C=O) groups is 1. The number of benzene rings is 1. The number of aromatic nitrogens is 4. The van der Waals surface area contributed by atoms with E-state index in [9.17, 15) is 9.59 Å². The normalized spacial score (nSPS) is 13.7. The first-order valence-corrected chi connectivity index (χ1v) is 9.99. The highest BCUT2D eigenvalue weighted by Crippen LogP contribution is 2.23.